The number of benzene rings is 1. The molecule has 192 valence electrons. The van der Waals surface area contributed by atoms with E-state index < -0.39 is 0 Å². The molecule has 11 heteroatoms. The lowest BCUT2D eigenvalue weighted by Crippen LogP contribution is -2.28. The lowest BCUT2D eigenvalue weighted by Gasteiger charge is -2.21. The molecule has 0 unspecified atom stereocenters. The van der Waals surface area contributed by atoms with Crippen LogP contribution in [0.5, 0.6) is 0 Å². The molecule has 1 aromatic carbocycles. The van der Waals surface area contributed by atoms with Crippen molar-refractivity contribution in [2.24, 2.45) is 5.90 Å². The van der Waals surface area contributed by atoms with E-state index in [-0.39, 0.29) is 12.3 Å². The Morgan fingerprint density at radius 1 is 0.861 bits per heavy atom. The van der Waals surface area contributed by atoms with E-state index in [9.17, 15) is 4.79 Å². The first-order valence-electron chi connectivity index (χ1n) is 11.5. The molecule has 0 atom stereocenters. The minimum absolute atomic E-state index is 0.127. The van der Waals surface area contributed by atoms with Gasteiger partial charge < -0.3 is 14.8 Å². The summed E-state index contributed by atoms with van der Waals surface area (Å²) in [5.41, 5.74) is 2.68. The third-order valence-electron chi connectivity index (χ3n) is 4.93. The molecule has 0 aliphatic carbocycles. The second-order valence-electron chi connectivity index (χ2n) is 7.65. The Morgan fingerprint density at radius 3 is 2.08 bits per heavy atom. The van der Waals surface area contributed by atoms with E-state index in [2.05, 4.69) is 29.5 Å². The predicted octanol–water partition coefficient (Wildman–Crippen LogP) is 3.37. The van der Waals surface area contributed by atoms with E-state index >= 15 is 0 Å². The van der Waals surface area contributed by atoms with Gasteiger partial charge >= 0.3 is 0 Å². The molecule has 0 bridgehead atoms. The molecule has 0 aliphatic heterocycles. The fourth-order valence-corrected chi connectivity index (χ4v) is 3.58. The lowest BCUT2D eigenvalue weighted by atomic mass is 10.3. The van der Waals surface area contributed by atoms with Gasteiger partial charge in [-0.2, -0.15) is 5.90 Å². The Kier molecular flexibility index (Phi) is 12.9. The highest BCUT2D eigenvalue weighted by atomic mass is 32.2. The molecule has 3 aromatic rings. The first kappa shape index (κ1) is 27.7. The van der Waals surface area contributed by atoms with Gasteiger partial charge in [-0.25, -0.2) is 0 Å². The molecule has 1 amide bonds. The van der Waals surface area contributed by atoms with Crippen LogP contribution >= 0.6 is 12.0 Å². The number of ether oxygens (including phenoxy) is 2. The molecular formula is C25H31N5O5S. The summed E-state index contributed by atoms with van der Waals surface area (Å²) in [6.07, 6.45) is 3.85. The van der Waals surface area contributed by atoms with Crippen LogP contribution in [0.4, 0.5) is 5.69 Å². The van der Waals surface area contributed by atoms with Crippen LogP contribution in [0.2, 0.25) is 0 Å². The van der Waals surface area contributed by atoms with Gasteiger partial charge in [0.1, 0.15) is 0 Å². The number of nitrogens with zero attached hydrogens (tertiary/aromatic N) is 3. The number of nitrogens with two attached hydrogens (primary N) is 1. The molecule has 0 aliphatic rings. The molecule has 0 saturated carbocycles. The van der Waals surface area contributed by atoms with E-state index in [1.54, 1.807) is 36.7 Å². The van der Waals surface area contributed by atoms with Crippen molar-refractivity contribution >= 4 is 23.6 Å². The number of amides is 1. The van der Waals surface area contributed by atoms with Crippen LogP contribution in [0.25, 0.3) is 0 Å². The highest BCUT2D eigenvalue weighted by Crippen LogP contribution is 2.21. The summed E-state index contributed by atoms with van der Waals surface area (Å²) >= 11 is 0.975. The number of hydrogen-bond donors (Lipinski definition) is 2. The maximum atomic E-state index is 12.1. The molecule has 0 radical (unpaired) electrons. The zero-order chi connectivity index (χ0) is 25.3. The van der Waals surface area contributed by atoms with Crippen LogP contribution in [-0.4, -0.2) is 53.7 Å². The van der Waals surface area contributed by atoms with Crippen LogP contribution in [-0.2, 0) is 36.7 Å². The molecule has 0 spiro atoms. The van der Waals surface area contributed by atoms with E-state index in [0.717, 1.165) is 34.9 Å². The van der Waals surface area contributed by atoms with Gasteiger partial charge in [-0.15, -0.1) is 9.32 Å². The highest BCUT2D eigenvalue weighted by Gasteiger charge is 2.09. The maximum Gasteiger partial charge on any atom is 0.226 e. The summed E-state index contributed by atoms with van der Waals surface area (Å²) in [7, 11) is 0. The second kappa shape index (κ2) is 16.7. The minimum atomic E-state index is -0.127. The Morgan fingerprint density at radius 2 is 1.50 bits per heavy atom. The van der Waals surface area contributed by atoms with Gasteiger partial charge in [-0.1, -0.05) is 12.1 Å². The van der Waals surface area contributed by atoms with Crippen LogP contribution < -0.4 is 11.2 Å². The first-order chi connectivity index (χ1) is 17.7. The van der Waals surface area contributed by atoms with Gasteiger partial charge in [0.15, 0.2) is 0 Å². The van der Waals surface area contributed by atoms with Crippen molar-refractivity contribution in [1.29, 1.82) is 0 Å². The average molecular weight is 514 g/mol. The zero-order valence-corrected chi connectivity index (χ0v) is 20.8. The molecule has 0 fully saturated rings. The number of carbonyl (C=O) groups excluding carboxylic acids is 1. The van der Waals surface area contributed by atoms with Crippen molar-refractivity contribution in [3.8, 4) is 0 Å². The third-order valence-corrected chi connectivity index (χ3v) is 5.54. The molecule has 0 saturated heterocycles. The fourth-order valence-electron chi connectivity index (χ4n) is 3.21. The van der Waals surface area contributed by atoms with Crippen molar-refractivity contribution in [3.05, 3.63) is 84.4 Å². The number of aromatic nitrogens is 2. The number of carbonyl (C=O) groups is 1. The van der Waals surface area contributed by atoms with Crippen molar-refractivity contribution in [1.82, 2.24) is 14.9 Å². The lowest BCUT2D eigenvalue weighted by molar-refractivity contribution is -0.195. The van der Waals surface area contributed by atoms with Crippen LogP contribution in [0.3, 0.4) is 0 Å². The summed E-state index contributed by atoms with van der Waals surface area (Å²) in [5.74, 6) is 4.67. The largest absolute Gasteiger partial charge is 0.379 e. The minimum Gasteiger partial charge on any atom is -0.379 e. The third kappa shape index (κ3) is 11.2. The molecular weight excluding hydrogens is 482 g/mol. The Bertz CT molecular complexity index is 957. The fraction of sp³-hybridized carbons (Fsp3) is 0.320. The predicted molar refractivity (Wildman–Crippen MR) is 136 cm³/mol. The van der Waals surface area contributed by atoms with E-state index in [4.69, 9.17) is 15.4 Å². The standard InChI is InChI=1S/C25H31N5O5S/c26-34-35-36-24-9-7-21(8-10-24)29-25(31)11-15-32-17-18-33-16-14-30(19-22-5-1-3-12-27-22)20-23-6-2-4-13-28-23/h1-10,12-13H,11,14-20,26H2,(H,29,31). The average Bonchev–Trinajstić information content (AvgIpc) is 2.91. The number of hydrogen-bond acceptors (Lipinski definition) is 10. The molecule has 3 N–H and O–H groups in total. The van der Waals surface area contributed by atoms with Crippen molar-refractivity contribution in [2.75, 3.05) is 38.3 Å². The van der Waals surface area contributed by atoms with Gasteiger partial charge in [-0.3, -0.25) is 19.7 Å². The highest BCUT2D eigenvalue weighted by molar-refractivity contribution is 7.94. The molecule has 2 aromatic heterocycles. The summed E-state index contributed by atoms with van der Waals surface area (Å²) in [6.45, 7) is 3.90. The Balaban J connectivity index is 1.27. The monoisotopic (exact) mass is 513 g/mol. The van der Waals surface area contributed by atoms with E-state index in [0.29, 0.717) is 45.2 Å². The number of nitrogens with one attached hydrogen (secondary N) is 1. The topological polar surface area (TPSA) is 121 Å². The summed E-state index contributed by atoms with van der Waals surface area (Å²) in [5, 5.41) is 2.82. The smallest absolute Gasteiger partial charge is 0.226 e. The van der Waals surface area contributed by atoms with E-state index in [1.807, 2.05) is 36.4 Å². The number of pyridine rings is 2. The van der Waals surface area contributed by atoms with Crippen molar-refractivity contribution < 1.29 is 23.6 Å². The first-order valence-corrected chi connectivity index (χ1v) is 12.2. The number of anilines is 1. The summed E-state index contributed by atoms with van der Waals surface area (Å²) < 4.78 is 15.9. The van der Waals surface area contributed by atoms with Crippen LogP contribution in [0.1, 0.15) is 17.8 Å². The van der Waals surface area contributed by atoms with Gasteiger partial charge in [0.2, 0.25) is 5.91 Å². The normalized spacial score (nSPS) is 11.1. The van der Waals surface area contributed by atoms with Crippen LogP contribution in [0, 0.1) is 0 Å². The molecule has 10 nitrogen and oxygen atoms in total. The Labute approximate surface area is 215 Å². The second-order valence-corrected chi connectivity index (χ2v) is 8.42. The summed E-state index contributed by atoms with van der Waals surface area (Å²) in [4.78, 5) is 28.0. The molecule has 3 rings (SSSR count). The Hall–Kier alpha value is -2.90. The van der Waals surface area contributed by atoms with Crippen molar-refractivity contribution in [3.63, 3.8) is 0 Å². The SMILES string of the molecule is NOOSc1ccc(NC(=O)CCOCCOCCN(Cc2ccccn2)Cc2ccccn2)cc1. The summed E-state index contributed by atoms with van der Waals surface area (Å²) in [6, 6.07) is 18.9. The number of rotatable bonds is 17. The van der Waals surface area contributed by atoms with Crippen LogP contribution in [0.15, 0.2) is 78.0 Å². The zero-order valence-electron chi connectivity index (χ0n) is 20.0. The van der Waals surface area contributed by atoms with Crippen molar-refractivity contribution in [2.45, 2.75) is 24.4 Å². The quantitative estimate of drug-likeness (QED) is 0.120. The van der Waals surface area contributed by atoms with Gasteiger partial charge in [0.25, 0.3) is 0 Å². The van der Waals surface area contributed by atoms with E-state index in [1.165, 1.54) is 0 Å². The van der Waals surface area contributed by atoms with Gasteiger partial charge in [0.05, 0.1) is 56.3 Å². The maximum absolute atomic E-state index is 12.1. The van der Waals surface area contributed by atoms with Gasteiger partial charge in [-0.05, 0) is 48.5 Å². The van der Waals surface area contributed by atoms with Gasteiger partial charge in [0, 0.05) is 42.6 Å². The molecule has 36 heavy (non-hydrogen) atoms. The molecule has 2 heterocycles.